The van der Waals surface area contributed by atoms with Crippen LogP contribution in [0, 0.1) is 15.2 Å². The lowest BCUT2D eigenvalue weighted by Crippen LogP contribution is -2.86. The lowest BCUT2D eigenvalue weighted by Gasteiger charge is -2.48. The molecule has 110 heavy (non-hydrogen) atoms. The molecule has 0 bridgehead atoms. The van der Waals surface area contributed by atoms with Crippen molar-refractivity contribution in [1.29, 1.82) is 0 Å². The Morgan fingerprint density at radius 2 is 0.782 bits per heavy atom. The van der Waals surface area contributed by atoms with E-state index in [2.05, 4.69) is 199 Å². The van der Waals surface area contributed by atoms with E-state index in [9.17, 15) is 18.4 Å². The summed E-state index contributed by atoms with van der Waals surface area (Å²) in [6.45, 7) is 6.61. The molecule has 0 aliphatic heterocycles. The molecule has 4 aromatic carbocycles. The Labute approximate surface area is 676 Å². The highest BCUT2D eigenvalue weighted by molar-refractivity contribution is 14.1. The number of halogens is 3. The number of hydrogen-bond acceptors (Lipinski definition) is 10. The van der Waals surface area contributed by atoms with E-state index < -0.39 is 95.7 Å². The number of nitrogens with zero attached hydrogens (tertiary/aromatic N) is 2. The Bertz CT molecular complexity index is 5550. The maximum atomic E-state index is 14.5. The zero-order chi connectivity index (χ0) is 81.4. The first kappa shape index (κ1) is 92.3. The minimum Gasteiger partial charge on any atom is -0.481 e. The Kier molecular flexibility index (Phi) is 41.2. The van der Waals surface area contributed by atoms with E-state index in [1.807, 2.05) is 24.3 Å². The zero-order valence-electron chi connectivity index (χ0n) is 59.7. The Morgan fingerprint density at radius 3 is 1.13 bits per heavy atom. The molecule has 8 aromatic rings. The normalized spacial score (nSPS) is 8.70. The Balaban J connectivity index is 0.000000297. The number of esters is 2. The number of pyridine rings is 2. The van der Waals surface area contributed by atoms with Gasteiger partial charge in [0.2, 0.25) is 11.8 Å². The number of H-pyrrole nitrogens is 2. The quantitative estimate of drug-likeness (QED) is 0.0427. The van der Waals surface area contributed by atoms with E-state index in [0.717, 1.165) is 14.3 Å². The Hall–Kier alpha value is -10.1. The molecule has 0 aliphatic rings. The molecule has 8 rings (SSSR count). The van der Waals surface area contributed by atoms with Crippen molar-refractivity contribution >= 4 is 282 Å². The second kappa shape index (κ2) is 49.1. The number of rotatable bonds is 18. The van der Waals surface area contributed by atoms with Crippen molar-refractivity contribution in [1.82, 2.24) is 19.9 Å². The highest BCUT2D eigenvalue weighted by atomic mass is 127. The van der Waals surface area contributed by atoms with Gasteiger partial charge >= 0.3 is 19.1 Å². The highest BCUT2D eigenvalue weighted by Gasteiger charge is 2.50. The molecule has 0 saturated carbocycles. The van der Waals surface area contributed by atoms with Crippen molar-refractivity contribution in [2.24, 2.45) is 0 Å². The van der Waals surface area contributed by atoms with Crippen LogP contribution in [0.15, 0.2) is 254 Å². The SMILES string of the molecule is C=C=C=C=C=C=C=C=C=C=C=C=C=C=C=C=C=C=C=C=C=C=C=C=C=C=C.COC(=O)c1[nH]c2cc(F)c3ccccc3c2c1-c1cccnc1OC.COC(=O)c1[nH]c2cc(F)c3ccccc3c2c1I.COc1ncccc1B(O)O.[B][B]B([B])B(B(B([B])[B])B([B])[B])B(B(B([B])[B])B([B])[B])B(B([B])[B])B([B])[B]. The van der Waals surface area contributed by atoms with Crippen molar-refractivity contribution < 1.29 is 47.4 Å². The lowest BCUT2D eigenvalue weighted by molar-refractivity contribution is 0.0586. The number of fused-ring (bicyclic) bond motifs is 6. The second-order valence-electron chi connectivity index (χ2n) is 22.2. The fourth-order valence-corrected chi connectivity index (χ4v) is 11.9. The summed E-state index contributed by atoms with van der Waals surface area (Å²) in [6, 6.07) is 23.8. The van der Waals surface area contributed by atoms with E-state index in [-0.39, 0.29) is 28.7 Å². The summed E-state index contributed by atoms with van der Waals surface area (Å²) >= 11 is 2.08. The summed E-state index contributed by atoms with van der Waals surface area (Å²) in [6.07, 6.45) is -7.41. The van der Waals surface area contributed by atoms with Crippen LogP contribution in [0.2, 0.25) is 0 Å². The first-order valence-electron chi connectivity index (χ1n) is 32.0. The van der Waals surface area contributed by atoms with Gasteiger partial charge in [-0.2, -0.15) is 0 Å². The van der Waals surface area contributed by atoms with Gasteiger partial charge in [0.1, 0.15) is 23.0 Å². The van der Waals surface area contributed by atoms with Crippen molar-refractivity contribution in [2.45, 2.75) is 0 Å². The van der Waals surface area contributed by atoms with Gasteiger partial charge in [-0.3, -0.25) is 0 Å². The summed E-state index contributed by atoms with van der Waals surface area (Å²) in [5.74, 6) is -1.07. The van der Waals surface area contributed by atoms with Crippen LogP contribution in [0.3, 0.4) is 0 Å². The van der Waals surface area contributed by atoms with Crippen molar-refractivity contribution in [3.63, 3.8) is 0 Å². The lowest BCUT2D eigenvalue weighted by atomic mass is 8.33. The van der Waals surface area contributed by atoms with Gasteiger partial charge in [0, 0.05) is 283 Å². The monoisotopic (exact) mass is 1500 g/mol. The average molecular weight is 1490 g/mol. The van der Waals surface area contributed by atoms with Crippen LogP contribution in [0.1, 0.15) is 21.0 Å². The molecule has 0 unspecified atom stereocenters. The minimum atomic E-state index is -1.53. The zero-order valence-corrected chi connectivity index (χ0v) is 61.8. The number of hydrogen-bond donors (Lipinski definition) is 4. The number of carbonyl (C=O) groups is 2. The molecule has 12 nitrogen and oxygen atoms in total. The van der Waals surface area contributed by atoms with Gasteiger partial charge in [0.05, 0.1) is 43.0 Å². The van der Waals surface area contributed by atoms with Gasteiger partial charge in [-0.05, 0) is 169 Å². The highest BCUT2D eigenvalue weighted by Crippen LogP contribution is 2.41. The van der Waals surface area contributed by atoms with E-state index in [0.29, 0.717) is 55.3 Å². The van der Waals surface area contributed by atoms with Gasteiger partial charge in [-0.25, -0.2) is 28.3 Å². The number of carbonyl (C=O) groups excluding carboxylic acids is 2. The maximum absolute atomic E-state index is 14.5. The molecular formula is C67H36B28F2IN4O8. The third kappa shape index (κ3) is 27.2. The van der Waals surface area contributed by atoms with Gasteiger partial charge < -0.3 is 39.0 Å². The van der Waals surface area contributed by atoms with Crippen LogP contribution in [0.5, 0.6) is 11.8 Å². The second-order valence-corrected chi connectivity index (χ2v) is 23.3. The van der Waals surface area contributed by atoms with Crippen molar-refractivity contribution in [3.05, 3.63) is 280 Å². The molecule has 29 radical (unpaired) electrons. The fourth-order valence-electron chi connectivity index (χ4n) is 11.0. The third-order valence-electron chi connectivity index (χ3n) is 15.4. The number of ether oxygens (including phenoxy) is 4. The number of nitrogens with one attached hydrogen (secondary N) is 2. The van der Waals surface area contributed by atoms with Crippen molar-refractivity contribution in [2.75, 3.05) is 28.4 Å². The number of benzene rings is 4. The number of methoxy groups -OCH3 is 4. The fraction of sp³-hybridized carbons (Fsp3) is 0.0597. The van der Waals surface area contributed by atoms with Crippen LogP contribution in [-0.4, -0.2) is 269 Å². The maximum Gasteiger partial charge on any atom is 0.493 e. The number of aromatic nitrogens is 4. The van der Waals surface area contributed by atoms with Crippen LogP contribution in [0.25, 0.3) is 54.5 Å². The van der Waals surface area contributed by atoms with Crippen LogP contribution >= 0.6 is 22.6 Å². The third-order valence-corrected chi connectivity index (χ3v) is 16.5. The molecule has 4 heterocycles. The molecule has 477 valence electrons. The van der Waals surface area contributed by atoms with E-state index in [1.165, 1.54) is 59.9 Å². The van der Waals surface area contributed by atoms with Crippen molar-refractivity contribution in [3.8, 4) is 22.9 Å². The predicted molar refractivity (Wildman–Crippen MR) is 472 cm³/mol. The smallest absolute Gasteiger partial charge is 0.481 e. The van der Waals surface area contributed by atoms with E-state index in [4.69, 9.17) is 137 Å². The van der Waals surface area contributed by atoms with Gasteiger partial charge in [0.25, 0.3) is 0 Å². The van der Waals surface area contributed by atoms with Gasteiger partial charge in [0.15, 0.2) is 0 Å². The summed E-state index contributed by atoms with van der Waals surface area (Å²) in [7, 11) is 88.6. The molecule has 0 aliphatic carbocycles. The topological polar surface area (TPSA) is 169 Å². The molecule has 0 atom stereocenters. The molecular weight excluding hydrogens is 1460 g/mol. The summed E-state index contributed by atoms with van der Waals surface area (Å²) in [5.41, 5.74) is 65.0. The molecule has 0 amide bonds. The molecule has 4 N–H and O–H groups in total. The summed E-state index contributed by atoms with van der Waals surface area (Å²) in [5, 5.41) is 21.6. The summed E-state index contributed by atoms with van der Waals surface area (Å²) in [4.78, 5) is 38.0. The van der Waals surface area contributed by atoms with Crippen LogP contribution < -0.4 is 14.9 Å². The molecule has 4 aromatic heterocycles. The first-order valence-corrected chi connectivity index (χ1v) is 33.1. The Morgan fingerprint density at radius 1 is 0.455 bits per heavy atom. The molecule has 0 saturated heterocycles. The van der Waals surface area contributed by atoms with Gasteiger partial charge in [-0.1, -0.05) is 66.1 Å². The van der Waals surface area contributed by atoms with E-state index >= 15 is 0 Å². The van der Waals surface area contributed by atoms with Gasteiger partial charge in [-0.15, -0.1) is 0 Å². The first-order chi connectivity index (χ1) is 52.7. The van der Waals surface area contributed by atoms with Crippen LogP contribution in [0.4, 0.5) is 8.78 Å². The number of aromatic amines is 2. The molecule has 0 spiro atoms. The molecule has 0 fully saturated rings. The molecule has 43 heteroatoms. The summed E-state index contributed by atoms with van der Waals surface area (Å²) < 4.78 is 49.0. The minimum absolute atomic E-state index is 0.226. The average Bonchev–Trinajstić information content (AvgIpc) is 1.56. The predicted octanol–water partition coefficient (Wildman–Crippen LogP) is 1.34. The van der Waals surface area contributed by atoms with E-state index in [1.54, 1.807) is 48.7 Å². The largest absolute Gasteiger partial charge is 0.493 e. The van der Waals surface area contributed by atoms with Crippen LogP contribution in [-0.2, 0) is 9.47 Å². The standard InChI is InChI=1S/C27H4.C20H15FN2O3.C14H9FINO2.C6H8BNO3.B27/c1-3-5-7-9-11-13-15-17-19-21-23-25-27-26-24-22-20-18-16-14-12-10-8-6-4-2;1-25-19-13(8-5-9-22-19)17-16-12-7-4-3-6-11(12)14(21)10-15(16)23-18(17)20(24)26-2;1-19-14(18)13-12(16)11-8-5-3-2-4-7(8)9(15)6-10(11)17-13;1-11-6-5(7(9)10)3-2-4-8-6;1-15-22(14)26(23(16(2)3)17(4)5)27(24(18(6)7)19(8)9)25(20(10)11)21(12)13/h1-2H2;3-10,23H,1-2H3;2-6,17H,1H3;2-4,9-10H,1H3;.